The van der Waals surface area contributed by atoms with Gasteiger partial charge in [-0.05, 0) is 17.7 Å². The molecule has 0 aliphatic carbocycles. The fraction of sp³-hybridized carbons (Fsp3) is 0.250. The second-order valence-electron chi connectivity index (χ2n) is 4.21. The second kappa shape index (κ2) is 6.19. The standard InChI is InChI=1S/C12H14ClN3O2S2/c1-16(6-10-7-19-8-15-10)20(17,18)12-4-9(5-14)2-3-11(12)13/h2-4,7-8H,5-6,14H2,1H3. The van der Waals surface area contributed by atoms with Crippen molar-refractivity contribution in [3.05, 3.63) is 45.4 Å². The van der Waals surface area contributed by atoms with Crippen molar-refractivity contribution in [1.29, 1.82) is 0 Å². The van der Waals surface area contributed by atoms with E-state index in [2.05, 4.69) is 4.98 Å². The van der Waals surface area contributed by atoms with Crippen molar-refractivity contribution >= 4 is 33.0 Å². The molecule has 1 aromatic carbocycles. The van der Waals surface area contributed by atoms with Gasteiger partial charge in [0.05, 0.1) is 22.8 Å². The van der Waals surface area contributed by atoms with Gasteiger partial charge in [-0.15, -0.1) is 11.3 Å². The Morgan fingerprint density at radius 2 is 2.20 bits per heavy atom. The van der Waals surface area contributed by atoms with Crippen LogP contribution in [-0.2, 0) is 23.1 Å². The molecule has 0 amide bonds. The van der Waals surface area contributed by atoms with Gasteiger partial charge in [-0.3, -0.25) is 0 Å². The molecule has 1 aromatic heterocycles. The van der Waals surface area contributed by atoms with Gasteiger partial charge in [0.2, 0.25) is 10.0 Å². The fourth-order valence-electron chi connectivity index (χ4n) is 1.67. The third-order valence-electron chi connectivity index (χ3n) is 2.79. The summed E-state index contributed by atoms with van der Waals surface area (Å²) in [6.07, 6.45) is 0. The number of hydrogen-bond acceptors (Lipinski definition) is 5. The van der Waals surface area contributed by atoms with Gasteiger partial charge < -0.3 is 5.73 Å². The Balaban J connectivity index is 2.34. The number of halogens is 1. The summed E-state index contributed by atoms with van der Waals surface area (Å²) >= 11 is 7.43. The highest BCUT2D eigenvalue weighted by Gasteiger charge is 2.24. The summed E-state index contributed by atoms with van der Waals surface area (Å²) in [5, 5.41) is 2.00. The fourth-order valence-corrected chi connectivity index (χ4v) is 3.88. The van der Waals surface area contributed by atoms with Gasteiger partial charge >= 0.3 is 0 Å². The monoisotopic (exact) mass is 331 g/mol. The first-order valence-corrected chi connectivity index (χ1v) is 8.53. The van der Waals surface area contributed by atoms with Crippen LogP contribution in [0.4, 0.5) is 0 Å². The van der Waals surface area contributed by atoms with E-state index in [-0.39, 0.29) is 23.0 Å². The van der Waals surface area contributed by atoms with Gasteiger partial charge in [-0.25, -0.2) is 13.4 Å². The van der Waals surface area contributed by atoms with Crippen LogP contribution in [0.2, 0.25) is 5.02 Å². The summed E-state index contributed by atoms with van der Waals surface area (Å²) in [6.45, 7) is 0.463. The van der Waals surface area contributed by atoms with E-state index >= 15 is 0 Å². The van der Waals surface area contributed by atoms with Crippen molar-refractivity contribution in [2.24, 2.45) is 5.73 Å². The first kappa shape index (κ1) is 15.4. The molecule has 0 spiro atoms. The highest BCUT2D eigenvalue weighted by molar-refractivity contribution is 7.89. The van der Waals surface area contributed by atoms with Crippen LogP contribution in [-0.4, -0.2) is 24.8 Å². The number of aromatic nitrogens is 1. The molecule has 0 saturated carbocycles. The van der Waals surface area contributed by atoms with Crippen LogP contribution < -0.4 is 5.73 Å². The van der Waals surface area contributed by atoms with Gasteiger partial charge in [0, 0.05) is 19.0 Å². The number of hydrogen-bond donors (Lipinski definition) is 1. The largest absolute Gasteiger partial charge is 0.326 e. The minimum absolute atomic E-state index is 0.0693. The summed E-state index contributed by atoms with van der Waals surface area (Å²) in [5.74, 6) is 0. The molecule has 0 unspecified atom stereocenters. The number of sulfonamides is 1. The molecular weight excluding hydrogens is 318 g/mol. The lowest BCUT2D eigenvalue weighted by atomic mass is 10.2. The molecule has 0 radical (unpaired) electrons. The molecule has 0 atom stereocenters. The smallest absolute Gasteiger partial charge is 0.244 e. The van der Waals surface area contributed by atoms with E-state index in [0.29, 0.717) is 5.69 Å². The first-order valence-electron chi connectivity index (χ1n) is 5.77. The number of benzene rings is 1. The summed E-state index contributed by atoms with van der Waals surface area (Å²) in [6, 6.07) is 4.77. The Morgan fingerprint density at radius 1 is 1.45 bits per heavy atom. The number of rotatable bonds is 5. The van der Waals surface area contributed by atoms with Crippen molar-refractivity contribution in [2.75, 3.05) is 7.05 Å². The predicted octanol–water partition coefficient (Wildman–Crippen LogP) is 2.08. The third-order valence-corrected chi connectivity index (χ3v) is 5.71. The predicted molar refractivity (Wildman–Crippen MR) is 80.1 cm³/mol. The SMILES string of the molecule is CN(Cc1cscn1)S(=O)(=O)c1cc(CN)ccc1Cl. The topological polar surface area (TPSA) is 76.3 Å². The average molecular weight is 332 g/mol. The number of nitrogens with two attached hydrogens (primary N) is 1. The Morgan fingerprint density at radius 3 is 2.80 bits per heavy atom. The van der Waals surface area contributed by atoms with Crippen molar-refractivity contribution in [3.8, 4) is 0 Å². The zero-order chi connectivity index (χ0) is 14.8. The summed E-state index contributed by atoms with van der Waals surface area (Å²) in [5.41, 5.74) is 8.62. The van der Waals surface area contributed by atoms with Crippen LogP contribution in [0.25, 0.3) is 0 Å². The molecule has 0 saturated heterocycles. The molecule has 5 nitrogen and oxygen atoms in total. The Hall–Kier alpha value is -0.990. The van der Waals surface area contributed by atoms with Gasteiger partial charge in [-0.1, -0.05) is 17.7 Å². The highest BCUT2D eigenvalue weighted by Crippen LogP contribution is 2.26. The third kappa shape index (κ3) is 3.18. The lowest BCUT2D eigenvalue weighted by Crippen LogP contribution is -2.27. The van der Waals surface area contributed by atoms with Crippen molar-refractivity contribution in [1.82, 2.24) is 9.29 Å². The molecule has 108 valence electrons. The zero-order valence-corrected chi connectivity index (χ0v) is 13.2. The molecule has 2 aromatic rings. The molecule has 0 aliphatic heterocycles. The van der Waals surface area contributed by atoms with E-state index < -0.39 is 10.0 Å². The van der Waals surface area contributed by atoms with E-state index in [1.54, 1.807) is 17.6 Å². The van der Waals surface area contributed by atoms with Crippen LogP contribution >= 0.6 is 22.9 Å². The second-order valence-corrected chi connectivity index (χ2v) is 7.35. The van der Waals surface area contributed by atoms with Crippen LogP contribution in [0.3, 0.4) is 0 Å². The Bertz CT molecular complexity index is 687. The Kier molecular flexibility index (Phi) is 4.77. The van der Waals surface area contributed by atoms with E-state index in [1.165, 1.54) is 28.8 Å². The lowest BCUT2D eigenvalue weighted by molar-refractivity contribution is 0.463. The molecule has 2 N–H and O–H groups in total. The summed E-state index contributed by atoms with van der Waals surface area (Å²) in [4.78, 5) is 4.15. The lowest BCUT2D eigenvalue weighted by Gasteiger charge is -2.17. The molecule has 8 heteroatoms. The van der Waals surface area contributed by atoms with Crippen molar-refractivity contribution in [3.63, 3.8) is 0 Å². The van der Waals surface area contributed by atoms with Crippen LogP contribution in [0.15, 0.2) is 34.0 Å². The van der Waals surface area contributed by atoms with Gasteiger partial charge in [-0.2, -0.15) is 4.31 Å². The molecule has 20 heavy (non-hydrogen) atoms. The minimum atomic E-state index is -3.67. The number of thiazole rings is 1. The molecule has 0 fully saturated rings. The first-order chi connectivity index (χ1) is 9.45. The van der Waals surface area contributed by atoms with Crippen LogP contribution in [0.5, 0.6) is 0 Å². The average Bonchev–Trinajstić information content (AvgIpc) is 2.92. The van der Waals surface area contributed by atoms with Gasteiger partial charge in [0.25, 0.3) is 0 Å². The van der Waals surface area contributed by atoms with Crippen molar-refractivity contribution in [2.45, 2.75) is 18.0 Å². The number of nitrogens with zero attached hydrogens (tertiary/aromatic N) is 2. The van der Waals surface area contributed by atoms with Crippen LogP contribution in [0.1, 0.15) is 11.3 Å². The molecular formula is C12H14ClN3O2S2. The van der Waals surface area contributed by atoms with E-state index in [0.717, 1.165) is 5.56 Å². The normalized spacial score (nSPS) is 12.0. The maximum Gasteiger partial charge on any atom is 0.244 e. The van der Waals surface area contributed by atoms with Gasteiger partial charge in [0.15, 0.2) is 0 Å². The summed E-state index contributed by atoms with van der Waals surface area (Å²) < 4.78 is 26.3. The van der Waals surface area contributed by atoms with E-state index in [9.17, 15) is 8.42 Å². The quantitative estimate of drug-likeness (QED) is 0.910. The Labute approximate surface area is 127 Å². The molecule has 1 heterocycles. The maximum atomic E-state index is 12.5. The molecule has 2 rings (SSSR count). The van der Waals surface area contributed by atoms with E-state index in [4.69, 9.17) is 17.3 Å². The zero-order valence-electron chi connectivity index (χ0n) is 10.8. The van der Waals surface area contributed by atoms with E-state index in [1.807, 2.05) is 5.38 Å². The van der Waals surface area contributed by atoms with Crippen molar-refractivity contribution < 1.29 is 8.42 Å². The molecule has 0 aliphatic rings. The highest BCUT2D eigenvalue weighted by atomic mass is 35.5. The molecule has 0 bridgehead atoms. The van der Waals surface area contributed by atoms with Crippen LogP contribution in [0, 0.1) is 0 Å². The maximum absolute atomic E-state index is 12.5. The summed E-state index contributed by atoms with van der Waals surface area (Å²) in [7, 11) is -2.17. The minimum Gasteiger partial charge on any atom is -0.326 e. The van der Waals surface area contributed by atoms with Gasteiger partial charge in [0.1, 0.15) is 4.90 Å².